The third-order valence-electron chi connectivity index (χ3n) is 9.68. The molecule has 0 unspecified atom stereocenters. The van der Waals surface area contributed by atoms with Crippen molar-refractivity contribution in [2.75, 3.05) is 31.2 Å². The summed E-state index contributed by atoms with van der Waals surface area (Å²) in [6.45, 7) is 10.3. The summed E-state index contributed by atoms with van der Waals surface area (Å²) in [6.07, 6.45) is 4.30. The Morgan fingerprint density at radius 1 is 0.939 bits per heavy atom. The Kier molecular flexibility index (Phi) is 9.03. The van der Waals surface area contributed by atoms with Crippen molar-refractivity contribution in [3.63, 3.8) is 0 Å². The monoisotopic (exact) mass is 689 g/mol. The number of sulfonamides is 1. The average Bonchev–Trinajstić information content (AvgIpc) is 3.82. The van der Waals surface area contributed by atoms with Crippen molar-refractivity contribution < 1.29 is 22.7 Å². The molecule has 2 aromatic carbocycles. The lowest BCUT2D eigenvalue weighted by molar-refractivity contribution is 0.170. The number of pyridine rings is 1. The van der Waals surface area contributed by atoms with Crippen LogP contribution in [0, 0.1) is 0 Å². The van der Waals surface area contributed by atoms with Crippen LogP contribution in [0.2, 0.25) is 0 Å². The predicted molar refractivity (Wildman–Crippen MR) is 191 cm³/mol. The largest absolute Gasteiger partial charge is 0.492 e. The first-order chi connectivity index (χ1) is 23.1. The second-order valence-corrected chi connectivity index (χ2v) is 16.7. The zero-order valence-corrected chi connectivity index (χ0v) is 30.3. The number of hydrogen-bond donors (Lipinski definition) is 3. The molecule has 1 fully saturated rings. The molecule has 2 aliphatic carbocycles. The Hall–Kier alpha value is -4.36. The van der Waals surface area contributed by atoms with Crippen LogP contribution in [-0.2, 0) is 21.0 Å². The summed E-state index contributed by atoms with van der Waals surface area (Å²) >= 11 is 0. The number of methoxy groups -OCH3 is 1. The fraction of sp³-hybridized carbons (Fsp3) is 0.472. The molecule has 0 aliphatic heterocycles. The number of amides is 2. The van der Waals surface area contributed by atoms with E-state index < -0.39 is 21.3 Å². The molecule has 1 saturated carbocycles. The molecule has 2 heterocycles. The number of carbonyl (C=O) groups is 1. The number of carbonyl (C=O) groups excluding carboxylic acids is 1. The van der Waals surface area contributed by atoms with Crippen molar-refractivity contribution in [2.45, 2.75) is 88.7 Å². The number of nitrogens with one attached hydrogen (secondary N) is 3. The number of fused-ring (bicyclic) bond motifs is 2. The van der Waals surface area contributed by atoms with Gasteiger partial charge in [0.2, 0.25) is 10.0 Å². The minimum Gasteiger partial charge on any atom is -0.492 e. The number of ether oxygens (including phenoxy) is 2. The lowest BCUT2D eigenvalue weighted by Crippen LogP contribution is -2.37. The molecule has 3 N–H and O–H groups in total. The van der Waals surface area contributed by atoms with Gasteiger partial charge in [0, 0.05) is 0 Å². The van der Waals surface area contributed by atoms with Crippen LogP contribution < -0.4 is 24.8 Å². The van der Waals surface area contributed by atoms with Crippen molar-refractivity contribution in [3.05, 3.63) is 77.2 Å². The van der Waals surface area contributed by atoms with E-state index in [-0.39, 0.29) is 28.8 Å². The summed E-state index contributed by atoms with van der Waals surface area (Å²) in [6, 6.07) is 14.7. The Labute approximate surface area is 288 Å². The Bertz CT molecular complexity index is 1980. The highest BCUT2D eigenvalue weighted by Gasteiger charge is 2.37. The normalized spacial score (nSPS) is 18.2. The van der Waals surface area contributed by atoms with Gasteiger partial charge in [0.05, 0.1) is 41.5 Å². The number of rotatable bonds is 10. The fourth-order valence-corrected chi connectivity index (χ4v) is 7.51. The average molecular weight is 690 g/mol. The number of benzene rings is 2. The van der Waals surface area contributed by atoms with Crippen LogP contribution in [0.5, 0.6) is 11.5 Å². The van der Waals surface area contributed by atoms with Crippen molar-refractivity contribution in [2.24, 2.45) is 0 Å². The molecule has 13 heteroatoms. The maximum Gasteiger partial charge on any atom is 0.319 e. The van der Waals surface area contributed by atoms with Crippen LogP contribution in [0.4, 0.5) is 16.2 Å². The first-order valence-electron chi connectivity index (χ1n) is 16.7. The summed E-state index contributed by atoms with van der Waals surface area (Å²) in [5.41, 5.74) is 3.59. The maximum absolute atomic E-state index is 13.6. The van der Waals surface area contributed by atoms with Gasteiger partial charge in [-0.15, -0.1) is 10.2 Å². The second-order valence-electron chi connectivity index (χ2n) is 14.7. The van der Waals surface area contributed by atoms with E-state index in [2.05, 4.69) is 44.3 Å². The highest BCUT2D eigenvalue weighted by Crippen LogP contribution is 2.42. The summed E-state index contributed by atoms with van der Waals surface area (Å²) in [5.74, 6) is 1.77. The third-order valence-corrected chi connectivity index (χ3v) is 11.5. The standard InChI is InChI=1S/C36H47N7O5S/c1-35(2,3)22-19-28(32(47-8)29(20-22)41-49(45,46)24-14-15-24)38-34(44)37-27-16-17-30(26-12-10-9-11-25(26)27)48-23-13-18-31-39-40-33(43(31)21-23)36(4,5)42(6)7/h9-13,18-21,24,27,30,41H,14-17H2,1-8H3,(H2,37,38,44)/t27-,30+/m0/s1. The van der Waals surface area contributed by atoms with Crippen LogP contribution in [0.1, 0.15) is 95.0 Å². The van der Waals surface area contributed by atoms with Gasteiger partial charge in [-0.05, 0) is 100.0 Å². The summed E-state index contributed by atoms with van der Waals surface area (Å²) in [4.78, 5) is 15.7. The van der Waals surface area contributed by atoms with Gasteiger partial charge in [-0.1, -0.05) is 45.0 Å². The predicted octanol–water partition coefficient (Wildman–Crippen LogP) is 6.51. The van der Waals surface area contributed by atoms with Crippen molar-refractivity contribution in [1.82, 2.24) is 24.8 Å². The first kappa shape index (κ1) is 34.5. The molecule has 0 saturated heterocycles. The lowest BCUT2D eigenvalue weighted by Gasteiger charge is -2.33. The molecule has 4 aromatic rings. The molecular formula is C36H47N7O5S. The van der Waals surface area contributed by atoms with E-state index in [0.29, 0.717) is 42.8 Å². The minimum absolute atomic E-state index is 0.220. The van der Waals surface area contributed by atoms with E-state index in [1.54, 1.807) is 6.07 Å². The molecular weight excluding hydrogens is 643 g/mol. The zero-order valence-electron chi connectivity index (χ0n) is 29.5. The Balaban J connectivity index is 1.22. The zero-order chi connectivity index (χ0) is 35.3. The molecule has 2 aromatic heterocycles. The van der Waals surface area contributed by atoms with E-state index in [4.69, 9.17) is 9.47 Å². The van der Waals surface area contributed by atoms with Crippen molar-refractivity contribution >= 4 is 33.1 Å². The Morgan fingerprint density at radius 3 is 2.29 bits per heavy atom. The van der Waals surface area contributed by atoms with Crippen LogP contribution in [0.3, 0.4) is 0 Å². The van der Waals surface area contributed by atoms with E-state index in [9.17, 15) is 13.2 Å². The third kappa shape index (κ3) is 7.04. The van der Waals surface area contributed by atoms with Gasteiger partial charge in [-0.2, -0.15) is 0 Å². The van der Waals surface area contributed by atoms with E-state index >= 15 is 0 Å². The van der Waals surface area contributed by atoms with Gasteiger partial charge >= 0.3 is 6.03 Å². The molecule has 6 rings (SSSR count). The minimum atomic E-state index is -3.56. The van der Waals surface area contributed by atoms with Crippen LogP contribution in [0.15, 0.2) is 54.7 Å². The maximum atomic E-state index is 13.6. The number of aromatic nitrogens is 3. The topological polar surface area (TPSA) is 139 Å². The van der Waals surface area contributed by atoms with Crippen LogP contribution in [0.25, 0.3) is 5.65 Å². The van der Waals surface area contributed by atoms with Crippen LogP contribution in [-0.4, -0.2) is 60.4 Å². The van der Waals surface area contributed by atoms with Gasteiger partial charge in [0.1, 0.15) is 11.9 Å². The highest BCUT2D eigenvalue weighted by molar-refractivity contribution is 7.93. The summed E-state index contributed by atoms with van der Waals surface area (Å²) in [5, 5.41) is 14.5. The molecule has 12 nitrogen and oxygen atoms in total. The SMILES string of the molecule is COc1c(NC(=O)N[C@H]2CC[C@@H](Oc3ccc4nnc(C(C)(C)N(C)C)n4c3)c3ccccc32)cc(C(C)(C)C)cc1NS(=O)(=O)C1CC1. The number of anilines is 2. The molecule has 2 atom stereocenters. The number of hydrogen-bond acceptors (Lipinski definition) is 8. The molecule has 0 bridgehead atoms. The summed E-state index contributed by atoms with van der Waals surface area (Å²) in [7, 11) is 1.93. The van der Waals surface area contributed by atoms with Gasteiger partial charge < -0.3 is 20.1 Å². The van der Waals surface area contributed by atoms with Gasteiger partial charge in [-0.3, -0.25) is 14.0 Å². The van der Waals surface area contributed by atoms with E-state index in [1.165, 1.54) is 7.11 Å². The summed E-state index contributed by atoms with van der Waals surface area (Å²) < 4.78 is 42.7. The molecule has 0 spiro atoms. The van der Waals surface area contributed by atoms with Crippen molar-refractivity contribution in [1.29, 1.82) is 0 Å². The highest BCUT2D eigenvalue weighted by atomic mass is 32.2. The van der Waals surface area contributed by atoms with E-state index in [1.807, 2.05) is 87.9 Å². The Morgan fingerprint density at radius 2 is 1.63 bits per heavy atom. The fourth-order valence-electron chi connectivity index (χ4n) is 6.13. The second kappa shape index (κ2) is 12.8. The van der Waals surface area contributed by atoms with Gasteiger partial charge in [0.25, 0.3) is 0 Å². The lowest BCUT2D eigenvalue weighted by atomic mass is 9.85. The number of urea groups is 1. The first-order valence-corrected chi connectivity index (χ1v) is 18.2. The molecule has 262 valence electrons. The molecule has 49 heavy (non-hydrogen) atoms. The van der Waals surface area contributed by atoms with Crippen LogP contribution >= 0.6 is 0 Å². The smallest absolute Gasteiger partial charge is 0.319 e. The molecule has 0 radical (unpaired) electrons. The van der Waals surface area contributed by atoms with Crippen molar-refractivity contribution in [3.8, 4) is 11.5 Å². The van der Waals surface area contributed by atoms with Gasteiger partial charge in [-0.25, -0.2) is 13.2 Å². The molecule has 2 aliphatic rings. The van der Waals surface area contributed by atoms with E-state index in [0.717, 1.165) is 28.2 Å². The van der Waals surface area contributed by atoms with Gasteiger partial charge in [0.15, 0.2) is 17.2 Å². The quantitative estimate of drug-likeness (QED) is 0.171. The number of nitrogens with zero attached hydrogens (tertiary/aromatic N) is 4. The molecule has 2 amide bonds.